The highest BCUT2D eigenvalue weighted by molar-refractivity contribution is 5.75. The zero-order chi connectivity index (χ0) is 5.98. The Labute approximate surface area is 63.9 Å². The first-order valence-corrected chi connectivity index (χ1v) is 2.27. The first-order chi connectivity index (χ1) is 3.79. The molecule has 0 aliphatic heterocycles. The molecule has 0 aromatic heterocycles. The molecule has 1 aromatic rings. The van der Waals surface area contributed by atoms with Crippen LogP contribution in [0.5, 0.6) is 11.5 Å². The van der Waals surface area contributed by atoms with Crippen LogP contribution in [0, 0.1) is 0 Å². The molecule has 0 aliphatic carbocycles. The predicted molar refractivity (Wildman–Crippen MR) is 39.7 cm³/mol. The van der Waals surface area contributed by atoms with Gasteiger partial charge in [-0.15, -0.1) is 0 Å². The van der Waals surface area contributed by atoms with Crippen molar-refractivity contribution in [1.29, 1.82) is 0 Å². The third-order valence-corrected chi connectivity index (χ3v) is 0.830. The molecule has 0 fully saturated rings. The van der Waals surface area contributed by atoms with Gasteiger partial charge in [-0.3, -0.25) is 0 Å². The van der Waals surface area contributed by atoms with Crippen LogP contribution in [0.25, 0.3) is 0 Å². The summed E-state index contributed by atoms with van der Waals surface area (Å²) in [4.78, 5) is 0. The van der Waals surface area contributed by atoms with E-state index in [1.54, 1.807) is 6.07 Å². The van der Waals surface area contributed by atoms with E-state index >= 15 is 0 Å². The van der Waals surface area contributed by atoms with Crippen molar-refractivity contribution in [3.8, 4) is 11.5 Å². The molecule has 0 bridgehead atoms. The summed E-state index contributed by atoms with van der Waals surface area (Å²) < 4.78 is 0. The fraction of sp³-hybridized carbons (Fsp3) is 0. The molecule has 0 aliphatic rings. The Bertz CT molecular complexity index is 171. The zero-order valence-corrected chi connectivity index (χ0v) is 4.20. The molecule has 1 aromatic carbocycles. The van der Waals surface area contributed by atoms with E-state index in [-0.39, 0.29) is 28.9 Å². The highest BCUT2D eigenvalue weighted by Gasteiger charge is 1.85. The molecule has 0 atom stereocenters. The van der Waals surface area contributed by atoms with E-state index in [9.17, 15) is 0 Å². The number of aromatic hydroxyl groups is 2. The van der Waals surface area contributed by atoms with Gasteiger partial charge in [0.05, 0.1) is 0 Å². The molecule has 48 valence electrons. The molecular weight excluding hydrogens is 131 g/mol. The van der Waals surface area contributed by atoms with Gasteiger partial charge in [-0.25, -0.2) is 0 Å². The van der Waals surface area contributed by atoms with Crippen molar-refractivity contribution >= 4 is 17.4 Å². The van der Waals surface area contributed by atoms with Gasteiger partial charge in [0.15, 0.2) is 17.4 Å². The van der Waals surface area contributed by atoms with E-state index in [0.717, 1.165) is 0 Å². The van der Waals surface area contributed by atoms with E-state index in [1.165, 1.54) is 18.2 Å². The minimum absolute atomic E-state index is 0. The highest BCUT2D eigenvalue weighted by atomic mass is 27.0. The van der Waals surface area contributed by atoms with E-state index in [2.05, 4.69) is 0 Å². The summed E-state index contributed by atoms with van der Waals surface area (Å²) in [6, 6.07) is 5.85. The van der Waals surface area contributed by atoms with Gasteiger partial charge in [0.25, 0.3) is 0 Å². The van der Waals surface area contributed by atoms with Crippen LogP contribution < -0.4 is 0 Å². The summed E-state index contributed by atoms with van der Waals surface area (Å²) in [6.45, 7) is 0. The molecule has 0 spiro atoms. The Morgan fingerprint density at radius 2 is 1.44 bits per heavy atom. The van der Waals surface area contributed by atoms with Gasteiger partial charge in [0.1, 0.15) is 11.5 Å². The SMILES string of the molecule is Oc1cccc(O)c1.[AlH3]. The molecule has 3 heteroatoms. The van der Waals surface area contributed by atoms with Crippen LogP contribution in [-0.2, 0) is 0 Å². The smallest absolute Gasteiger partial charge is 0.187 e. The van der Waals surface area contributed by atoms with Gasteiger partial charge in [-0.05, 0) is 12.1 Å². The van der Waals surface area contributed by atoms with Gasteiger partial charge in [0.2, 0.25) is 0 Å². The molecule has 0 saturated carbocycles. The van der Waals surface area contributed by atoms with Crippen LogP contribution in [0.3, 0.4) is 0 Å². The minimum Gasteiger partial charge on any atom is -0.508 e. The number of benzene rings is 1. The van der Waals surface area contributed by atoms with Crippen LogP contribution in [-0.4, -0.2) is 27.6 Å². The summed E-state index contributed by atoms with van der Waals surface area (Å²) >= 11 is 0. The van der Waals surface area contributed by atoms with Crippen molar-refractivity contribution in [3.05, 3.63) is 24.3 Å². The van der Waals surface area contributed by atoms with Crippen LogP contribution in [0.2, 0.25) is 0 Å². The molecule has 0 unspecified atom stereocenters. The molecule has 2 nitrogen and oxygen atoms in total. The van der Waals surface area contributed by atoms with Crippen molar-refractivity contribution in [2.24, 2.45) is 0 Å². The summed E-state index contributed by atoms with van der Waals surface area (Å²) in [7, 11) is 0. The summed E-state index contributed by atoms with van der Waals surface area (Å²) in [5.74, 6) is 0.176. The maximum absolute atomic E-state index is 8.65. The second-order valence-corrected chi connectivity index (χ2v) is 1.52. The molecular formula is C6H9AlO2. The van der Waals surface area contributed by atoms with Crippen LogP contribution in [0.4, 0.5) is 0 Å². The Morgan fingerprint density at radius 1 is 1.00 bits per heavy atom. The van der Waals surface area contributed by atoms with Crippen LogP contribution >= 0.6 is 0 Å². The Morgan fingerprint density at radius 3 is 1.67 bits per heavy atom. The normalized spacial score (nSPS) is 8.00. The second-order valence-electron chi connectivity index (χ2n) is 1.52. The highest BCUT2D eigenvalue weighted by Crippen LogP contribution is 2.14. The number of hydrogen-bond acceptors (Lipinski definition) is 2. The lowest BCUT2D eigenvalue weighted by atomic mass is 10.3. The summed E-state index contributed by atoms with van der Waals surface area (Å²) in [5.41, 5.74) is 0. The second kappa shape index (κ2) is 3.39. The third-order valence-electron chi connectivity index (χ3n) is 0.830. The largest absolute Gasteiger partial charge is 0.508 e. The topological polar surface area (TPSA) is 40.5 Å². The van der Waals surface area contributed by atoms with Crippen molar-refractivity contribution < 1.29 is 10.2 Å². The Kier molecular flexibility index (Phi) is 3.15. The summed E-state index contributed by atoms with van der Waals surface area (Å²) in [5, 5.41) is 17.3. The zero-order valence-electron chi connectivity index (χ0n) is 4.20. The monoisotopic (exact) mass is 140 g/mol. The number of phenolic OH excluding ortho intramolecular Hbond substituents is 2. The third kappa shape index (κ3) is 2.41. The van der Waals surface area contributed by atoms with E-state index in [1.807, 2.05) is 0 Å². The fourth-order valence-corrected chi connectivity index (χ4v) is 0.493. The fourth-order valence-electron chi connectivity index (χ4n) is 0.493. The van der Waals surface area contributed by atoms with Gasteiger partial charge in [0, 0.05) is 6.07 Å². The average molecular weight is 140 g/mol. The number of hydrogen-bond donors (Lipinski definition) is 2. The van der Waals surface area contributed by atoms with Crippen molar-refractivity contribution in [3.63, 3.8) is 0 Å². The maximum atomic E-state index is 8.65. The van der Waals surface area contributed by atoms with E-state index < -0.39 is 0 Å². The Hall–Kier alpha value is -0.648. The minimum atomic E-state index is 0. The molecule has 0 amide bonds. The molecule has 0 saturated heterocycles. The first-order valence-electron chi connectivity index (χ1n) is 2.27. The lowest BCUT2D eigenvalue weighted by molar-refractivity contribution is 0.450. The first kappa shape index (κ1) is 8.35. The van der Waals surface area contributed by atoms with E-state index in [4.69, 9.17) is 10.2 Å². The van der Waals surface area contributed by atoms with Crippen molar-refractivity contribution in [2.75, 3.05) is 0 Å². The predicted octanol–water partition coefficient (Wildman–Crippen LogP) is -0.0861. The van der Waals surface area contributed by atoms with Crippen LogP contribution in [0.1, 0.15) is 0 Å². The van der Waals surface area contributed by atoms with Gasteiger partial charge < -0.3 is 10.2 Å². The molecule has 9 heavy (non-hydrogen) atoms. The van der Waals surface area contributed by atoms with Crippen LogP contribution in [0.15, 0.2) is 24.3 Å². The van der Waals surface area contributed by atoms with Crippen molar-refractivity contribution in [2.45, 2.75) is 0 Å². The molecule has 0 radical (unpaired) electrons. The lowest BCUT2D eigenvalue weighted by Gasteiger charge is -1.89. The maximum Gasteiger partial charge on any atom is 0.187 e. The standard InChI is InChI=1S/C6H6O2.Al.3H/c7-5-2-1-3-6(8)4-5;;;;/h1-4,7-8H;;;;. The van der Waals surface area contributed by atoms with E-state index in [0.29, 0.717) is 0 Å². The summed E-state index contributed by atoms with van der Waals surface area (Å²) in [6.07, 6.45) is 0. The Balaban J connectivity index is 0.000000640. The van der Waals surface area contributed by atoms with Gasteiger partial charge in [-0.2, -0.15) is 0 Å². The quantitative estimate of drug-likeness (QED) is 0.494. The number of phenols is 2. The average Bonchev–Trinajstić information content (AvgIpc) is 1.64. The number of rotatable bonds is 0. The lowest BCUT2D eigenvalue weighted by Crippen LogP contribution is -1.61. The molecule has 0 heterocycles. The van der Waals surface area contributed by atoms with Gasteiger partial charge in [-0.1, -0.05) is 6.07 Å². The van der Waals surface area contributed by atoms with Gasteiger partial charge >= 0.3 is 0 Å². The molecule has 1 rings (SSSR count). The molecule has 2 N–H and O–H groups in total. The van der Waals surface area contributed by atoms with Crippen molar-refractivity contribution in [1.82, 2.24) is 0 Å².